The Hall–Kier alpha value is -2.40. The molecule has 0 fully saturated rings. The van der Waals surface area contributed by atoms with Crippen molar-refractivity contribution in [2.45, 2.75) is 26.4 Å². The topological polar surface area (TPSA) is 40.2 Å². The maximum atomic E-state index is 5.71. The molecular weight excluding hydrogens is 330 g/mol. The van der Waals surface area contributed by atoms with E-state index in [-0.39, 0.29) is 0 Å². The fourth-order valence-electron chi connectivity index (χ4n) is 3.42. The van der Waals surface area contributed by atoms with Crippen LogP contribution in [0.15, 0.2) is 36.4 Å². The first-order chi connectivity index (χ1) is 12.8. The van der Waals surface area contributed by atoms with Gasteiger partial charge in [0, 0.05) is 13.1 Å². The second-order valence-electron chi connectivity index (χ2n) is 6.67. The number of hydrogen-bond acceptors (Lipinski definition) is 5. The van der Waals surface area contributed by atoms with Crippen molar-refractivity contribution in [2.24, 2.45) is 0 Å². The van der Waals surface area contributed by atoms with Crippen LogP contribution in [0.4, 0.5) is 0 Å². The maximum absolute atomic E-state index is 5.71. The van der Waals surface area contributed by atoms with Crippen molar-refractivity contribution in [1.82, 2.24) is 4.90 Å². The molecule has 5 nitrogen and oxygen atoms in total. The van der Waals surface area contributed by atoms with Gasteiger partial charge < -0.3 is 18.9 Å². The van der Waals surface area contributed by atoms with Crippen molar-refractivity contribution in [1.29, 1.82) is 0 Å². The Kier molecular flexibility index (Phi) is 5.16. The van der Waals surface area contributed by atoms with E-state index in [0.717, 1.165) is 49.1 Å². The molecule has 0 radical (unpaired) electrons. The minimum Gasteiger partial charge on any atom is -0.486 e. The summed E-state index contributed by atoms with van der Waals surface area (Å²) in [5.74, 6) is 3.39. The van der Waals surface area contributed by atoms with Gasteiger partial charge >= 0.3 is 0 Å². The summed E-state index contributed by atoms with van der Waals surface area (Å²) >= 11 is 0. The molecule has 0 saturated heterocycles. The first-order valence-electron chi connectivity index (χ1n) is 9.31. The molecule has 0 atom stereocenters. The lowest BCUT2D eigenvalue weighted by Crippen LogP contribution is -2.24. The molecule has 0 bridgehead atoms. The highest BCUT2D eigenvalue weighted by Gasteiger charge is 2.15. The highest BCUT2D eigenvalue weighted by Crippen LogP contribution is 2.33. The predicted molar refractivity (Wildman–Crippen MR) is 99.3 cm³/mol. The summed E-state index contributed by atoms with van der Waals surface area (Å²) in [5.41, 5.74) is 2.47. The Labute approximate surface area is 154 Å². The Balaban J connectivity index is 1.47. The summed E-state index contributed by atoms with van der Waals surface area (Å²) < 4.78 is 22.7. The van der Waals surface area contributed by atoms with Crippen LogP contribution in [0.5, 0.6) is 23.0 Å². The third kappa shape index (κ3) is 3.88. The summed E-state index contributed by atoms with van der Waals surface area (Å²) in [6.45, 7) is 7.47. The highest BCUT2D eigenvalue weighted by molar-refractivity contribution is 5.45. The summed E-state index contributed by atoms with van der Waals surface area (Å²) in [4.78, 5) is 2.44. The first-order valence-corrected chi connectivity index (χ1v) is 9.31. The van der Waals surface area contributed by atoms with Crippen LogP contribution in [0.2, 0.25) is 0 Å². The summed E-state index contributed by atoms with van der Waals surface area (Å²) in [7, 11) is 0. The monoisotopic (exact) mass is 355 g/mol. The highest BCUT2D eigenvalue weighted by atomic mass is 16.6. The van der Waals surface area contributed by atoms with Crippen LogP contribution < -0.4 is 18.9 Å². The molecule has 0 saturated carbocycles. The number of benzene rings is 2. The van der Waals surface area contributed by atoms with Crippen LogP contribution in [0, 0.1) is 0 Å². The Morgan fingerprint density at radius 3 is 1.62 bits per heavy atom. The zero-order valence-corrected chi connectivity index (χ0v) is 15.2. The molecule has 0 aliphatic carbocycles. The minimum atomic E-state index is 0.617. The first kappa shape index (κ1) is 17.0. The van der Waals surface area contributed by atoms with Gasteiger partial charge in [0.25, 0.3) is 0 Å². The van der Waals surface area contributed by atoms with E-state index >= 15 is 0 Å². The van der Waals surface area contributed by atoms with Crippen molar-refractivity contribution in [3.63, 3.8) is 0 Å². The van der Waals surface area contributed by atoms with Gasteiger partial charge in [-0.3, -0.25) is 4.90 Å². The van der Waals surface area contributed by atoms with Gasteiger partial charge in [-0.2, -0.15) is 0 Å². The van der Waals surface area contributed by atoms with Gasteiger partial charge in [-0.1, -0.05) is 19.1 Å². The minimum absolute atomic E-state index is 0.617. The van der Waals surface area contributed by atoms with Crippen LogP contribution in [0.1, 0.15) is 24.5 Å². The quantitative estimate of drug-likeness (QED) is 0.791. The largest absolute Gasteiger partial charge is 0.486 e. The lowest BCUT2D eigenvalue weighted by Gasteiger charge is -2.25. The molecule has 138 valence electrons. The fourth-order valence-corrected chi connectivity index (χ4v) is 3.42. The summed E-state index contributed by atoms with van der Waals surface area (Å²) in [6.07, 6.45) is 1.11. The molecule has 2 heterocycles. The van der Waals surface area contributed by atoms with Gasteiger partial charge in [-0.15, -0.1) is 0 Å². The van der Waals surface area contributed by atoms with Crippen molar-refractivity contribution in [3.05, 3.63) is 47.5 Å². The van der Waals surface area contributed by atoms with Crippen LogP contribution in [0.25, 0.3) is 0 Å². The molecule has 2 aliphatic heterocycles. The average Bonchev–Trinajstić information content (AvgIpc) is 2.68. The third-order valence-corrected chi connectivity index (χ3v) is 4.57. The van der Waals surface area contributed by atoms with E-state index in [1.807, 2.05) is 12.1 Å². The van der Waals surface area contributed by atoms with E-state index in [1.165, 1.54) is 11.1 Å². The van der Waals surface area contributed by atoms with Crippen molar-refractivity contribution < 1.29 is 18.9 Å². The van der Waals surface area contributed by atoms with E-state index in [4.69, 9.17) is 18.9 Å². The van der Waals surface area contributed by atoms with Crippen LogP contribution in [-0.4, -0.2) is 37.9 Å². The van der Waals surface area contributed by atoms with Crippen molar-refractivity contribution in [3.8, 4) is 23.0 Å². The van der Waals surface area contributed by atoms with Crippen LogP contribution >= 0.6 is 0 Å². The molecule has 2 aromatic carbocycles. The molecule has 5 heteroatoms. The Morgan fingerprint density at radius 2 is 1.15 bits per heavy atom. The summed E-state index contributed by atoms with van der Waals surface area (Å²) in [6, 6.07) is 12.5. The zero-order chi connectivity index (χ0) is 17.8. The zero-order valence-electron chi connectivity index (χ0n) is 15.2. The van der Waals surface area contributed by atoms with E-state index in [9.17, 15) is 0 Å². The molecule has 4 rings (SSSR count). The van der Waals surface area contributed by atoms with Crippen molar-refractivity contribution >= 4 is 0 Å². The van der Waals surface area contributed by atoms with Gasteiger partial charge in [0.1, 0.15) is 26.4 Å². The fraction of sp³-hybridized carbons (Fsp3) is 0.429. The number of nitrogens with zero attached hydrogens (tertiary/aromatic N) is 1. The number of fused-ring (bicyclic) bond motifs is 2. The molecule has 0 N–H and O–H groups in total. The van der Waals surface area contributed by atoms with Gasteiger partial charge in [0.05, 0.1) is 0 Å². The molecule has 0 spiro atoms. The van der Waals surface area contributed by atoms with Gasteiger partial charge in [-0.05, 0) is 48.4 Å². The molecule has 2 aromatic rings. The SMILES string of the molecule is CCCN(Cc1ccc2c(c1)OCCO2)Cc1ccc2c(c1)OCCO2. The van der Waals surface area contributed by atoms with Crippen LogP contribution in [0.3, 0.4) is 0 Å². The molecule has 0 unspecified atom stereocenters. The number of ether oxygens (including phenoxy) is 4. The molecule has 26 heavy (non-hydrogen) atoms. The van der Waals surface area contributed by atoms with Crippen LogP contribution in [-0.2, 0) is 13.1 Å². The van der Waals surface area contributed by atoms with Gasteiger partial charge in [-0.25, -0.2) is 0 Å². The predicted octanol–water partition coefficient (Wildman–Crippen LogP) is 3.64. The van der Waals surface area contributed by atoms with E-state index in [0.29, 0.717) is 26.4 Å². The standard InChI is InChI=1S/C21H25NO4/c1-2-7-22(14-16-3-5-18-20(12-16)25-10-8-23-18)15-17-4-6-19-21(13-17)26-11-9-24-19/h3-6,12-13H,2,7-11,14-15H2,1H3. The lowest BCUT2D eigenvalue weighted by atomic mass is 10.1. The second-order valence-corrected chi connectivity index (χ2v) is 6.67. The number of hydrogen-bond donors (Lipinski definition) is 0. The van der Waals surface area contributed by atoms with E-state index < -0.39 is 0 Å². The molecule has 2 aliphatic rings. The van der Waals surface area contributed by atoms with E-state index in [1.54, 1.807) is 0 Å². The van der Waals surface area contributed by atoms with E-state index in [2.05, 4.69) is 36.1 Å². The Morgan fingerprint density at radius 1 is 0.692 bits per heavy atom. The third-order valence-electron chi connectivity index (χ3n) is 4.57. The van der Waals surface area contributed by atoms with Gasteiger partial charge in [0.15, 0.2) is 23.0 Å². The second kappa shape index (κ2) is 7.87. The number of rotatable bonds is 6. The smallest absolute Gasteiger partial charge is 0.161 e. The molecule has 0 amide bonds. The van der Waals surface area contributed by atoms with Crippen molar-refractivity contribution in [2.75, 3.05) is 33.0 Å². The normalized spacial score (nSPS) is 15.2. The Bertz CT molecular complexity index is 700. The lowest BCUT2D eigenvalue weighted by molar-refractivity contribution is 0.170. The maximum Gasteiger partial charge on any atom is 0.161 e. The molecular formula is C21H25NO4. The molecule has 0 aromatic heterocycles. The van der Waals surface area contributed by atoms with Gasteiger partial charge in [0.2, 0.25) is 0 Å². The summed E-state index contributed by atoms with van der Waals surface area (Å²) in [5, 5.41) is 0. The average molecular weight is 355 g/mol.